The summed E-state index contributed by atoms with van der Waals surface area (Å²) in [5, 5.41) is 13.0. The van der Waals surface area contributed by atoms with Crippen LogP contribution in [0.25, 0.3) is 11.3 Å². The van der Waals surface area contributed by atoms with E-state index in [0.29, 0.717) is 10.6 Å². The lowest BCUT2D eigenvalue weighted by atomic mass is 9.95. The SMILES string of the molecule is N#CN1C2CCC1C(NC(=O)c1ccc(-c3ccc(Cl)cc3)nc1)C2. The van der Waals surface area contributed by atoms with Gasteiger partial charge in [-0.25, -0.2) is 0 Å². The number of fused-ring (bicyclic) bond motifs is 2. The molecule has 2 fully saturated rings. The van der Waals surface area contributed by atoms with E-state index in [2.05, 4.69) is 16.5 Å². The predicted octanol–water partition coefficient (Wildman–Crippen LogP) is 3.22. The third-order valence-corrected chi connectivity index (χ3v) is 5.39. The van der Waals surface area contributed by atoms with Crippen LogP contribution in [0.3, 0.4) is 0 Å². The van der Waals surface area contributed by atoms with Gasteiger partial charge in [-0.15, -0.1) is 0 Å². The minimum absolute atomic E-state index is 0.0434. The molecule has 3 atom stereocenters. The standard InChI is InChI=1S/C19H17ClN4O/c20-14-4-1-12(2-5-14)16-7-3-13(10-22-16)19(25)23-17-9-15-6-8-18(17)24(15)11-21/h1-5,7,10,15,17-18H,6,8-9H2,(H,23,25). The van der Waals surface area contributed by atoms with Gasteiger partial charge in [-0.2, -0.15) is 5.26 Å². The lowest BCUT2D eigenvalue weighted by molar-refractivity contribution is 0.0928. The van der Waals surface area contributed by atoms with Crippen LogP contribution in [0.1, 0.15) is 29.6 Å². The van der Waals surface area contributed by atoms with E-state index in [-0.39, 0.29) is 24.0 Å². The van der Waals surface area contributed by atoms with Crippen LogP contribution in [0.2, 0.25) is 5.02 Å². The highest BCUT2D eigenvalue weighted by atomic mass is 35.5. The maximum absolute atomic E-state index is 12.5. The van der Waals surface area contributed by atoms with Crippen LogP contribution < -0.4 is 5.32 Å². The van der Waals surface area contributed by atoms with Gasteiger partial charge in [0.25, 0.3) is 5.91 Å². The molecule has 2 aromatic rings. The van der Waals surface area contributed by atoms with Gasteiger partial charge in [-0.1, -0.05) is 23.7 Å². The van der Waals surface area contributed by atoms with Crippen LogP contribution in [-0.2, 0) is 0 Å². The minimum Gasteiger partial charge on any atom is -0.347 e. The van der Waals surface area contributed by atoms with E-state index in [1.807, 2.05) is 35.2 Å². The molecular weight excluding hydrogens is 336 g/mol. The number of carbonyl (C=O) groups excluding carboxylic acids is 1. The largest absolute Gasteiger partial charge is 0.347 e. The lowest BCUT2D eigenvalue weighted by Crippen LogP contribution is -2.43. The van der Waals surface area contributed by atoms with Crippen LogP contribution in [0.4, 0.5) is 0 Å². The zero-order chi connectivity index (χ0) is 17.4. The first-order chi connectivity index (χ1) is 12.2. The highest BCUT2D eigenvalue weighted by Crippen LogP contribution is 2.37. The summed E-state index contributed by atoms with van der Waals surface area (Å²) in [5.41, 5.74) is 2.28. The molecule has 6 heteroatoms. The summed E-state index contributed by atoms with van der Waals surface area (Å²) in [6.45, 7) is 0. The Balaban J connectivity index is 1.45. The molecule has 1 aromatic carbocycles. The average molecular weight is 353 g/mol. The molecule has 126 valence electrons. The van der Waals surface area contributed by atoms with E-state index in [0.717, 1.165) is 30.5 Å². The average Bonchev–Trinajstić information content (AvgIpc) is 3.19. The number of pyridine rings is 1. The van der Waals surface area contributed by atoms with Crippen molar-refractivity contribution >= 4 is 17.5 Å². The Labute approximate surface area is 151 Å². The van der Waals surface area contributed by atoms with Gasteiger partial charge in [0.15, 0.2) is 6.19 Å². The molecule has 2 aliphatic heterocycles. The Morgan fingerprint density at radius 1 is 1.24 bits per heavy atom. The quantitative estimate of drug-likeness (QED) is 0.861. The third-order valence-electron chi connectivity index (χ3n) is 5.13. The summed E-state index contributed by atoms with van der Waals surface area (Å²) in [6.07, 6.45) is 6.71. The second-order valence-electron chi connectivity index (χ2n) is 6.56. The lowest BCUT2D eigenvalue weighted by Gasteiger charge is -2.21. The maximum atomic E-state index is 12.5. The third kappa shape index (κ3) is 2.94. The van der Waals surface area contributed by atoms with Crippen LogP contribution in [0.5, 0.6) is 0 Å². The van der Waals surface area contributed by atoms with Gasteiger partial charge < -0.3 is 10.2 Å². The van der Waals surface area contributed by atoms with Crippen LogP contribution in [0, 0.1) is 11.5 Å². The van der Waals surface area contributed by atoms with Gasteiger partial charge in [-0.3, -0.25) is 9.78 Å². The molecule has 3 heterocycles. The maximum Gasteiger partial charge on any atom is 0.253 e. The number of aromatic nitrogens is 1. The molecule has 2 bridgehead atoms. The first-order valence-electron chi connectivity index (χ1n) is 8.36. The summed E-state index contributed by atoms with van der Waals surface area (Å²) < 4.78 is 0. The number of halogens is 1. The molecule has 1 N–H and O–H groups in total. The highest BCUT2D eigenvalue weighted by Gasteiger charge is 2.46. The summed E-state index contributed by atoms with van der Waals surface area (Å²) in [5.74, 6) is -0.134. The second-order valence-corrected chi connectivity index (χ2v) is 7.00. The van der Waals surface area contributed by atoms with Crippen LogP contribution >= 0.6 is 11.6 Å². The summed E-state index contributed by atoms with van der Waals surface area (Å²) in [4.78, 5) is 18.7. The molecule has 4 rings (SSSR count). The Kier molecular flexibility index (Phi) is 4.06. The molecule has 5 nitrogen and oxygen atoms in total. The number of amides is 1. The molecule has 2 aliphatic rings. The zero-order valence-corrected chi connectivity index (χ0v) is 14.3. The summed E-state index contributed by atoms with van der Waals surface area (Å²) in [7, 11) is 0. The summed E-state index contributed by atoms with van der Waals surface area (Å²) in [6, 6.07) is 11.5. The number of benzene rings is 1. The first kappa shape index (κ1) is 15.9. The van der Waals surface area contributed by atoms with E-state index in [1.54, 1.807) is 12.3 Å². The van der Waals surface area contributed by atoms with Gasteiger partial charge in [-0.05, 0) is 43.5 Å². The van der Waals surface area contributed by atoms with Crippen molar-refractivity contribution < 1.29 is 4.79 Å². The number of hydrogen-bond donors (Lipinski definition) is 1. The number of carbonyl (C=O) groups is 1. The molecule has 0 aliphatic carbocycles. The fourth-order valence-corrected chi connectivity index (χ4v) is 4.00. The normalized spacial score (nSPS) is 24.2. The molecule has 1 aromatic heterocycles. The fraction of sp³-hybridized carbons (Fsp3) is 0.316. The van der Waals surface area contributed by atoms with Crippen molar-refractivity contribution in [1.29, 1.82) is 5.26 Å². The molecular formula is C19H17ClN4O. The Hall–Kier alpha value is -2.58. The van der Waals surface area contributed by atoms with Gasteiger partial charge in [0.2, 0.25) is 0 Å². The van der Waals surface area contributed by atoms with Crippen molar-refractivity contribution in [3.63, 3.8) is 0 Å². The van der Waals surface area contributed by atoms with Crippen molar-refractivity contribution in [3.05, 3.63) is 53.2 Å². The molecule has 25 heavy (non-hydrogen) atoms. The van der Waals surface area contributed by atoms with Crippen molar-refractivity contribution in [2.75, 3.05) is 0 Å². The van der Waals surface area contributed by atoms with Crippen molar-refractivity contribution in [2.45, 2.75) is 37.4 Å². The van der Waals surface area contributed by atoms with E-state index < -0.39 is 0 Å². The van der Waals surface area contributed by atoms with Crippen molar-refractivity contribution in [1.82, 2.24) is 15.2 Å². The van der Waals surface area contributed by atoms with Gasteiger partial charge in [0.05, 0.1) is 23.3 Å². The minimum atomic E-state index is -0.134. The van der Waals surface area contributed by atoms with Crippen molar-refractivity contribution in [2.24, 2.45) is 0 Å². The predicted molar refractivity (Wildman–Crippen MR) is 94.8 cm³/mol. The van der Waals surface area contributed by atoms with E-state index in [4.69, 9.17) is 11.6 Å². The topological polar surface area (TPSA) is 69.0 Å². The Morgan fingerprint density at radius 2 is 2.04 bits per heavy atom. The summed E-state index contributed by atoms with van der Waals surface area (Å²) >= 11 is 5.90. The van der Waals surface area contributed by atoms with Gasteiger partial charge >= 0.3 is 0 Å². The smallest absolute Gasteiger partial charge is 0.253 e. The van der Waals surface area contributed by atoms with E-state index >= 15 is 0 Å². The van der Waals surface area contributed by atoms with Gasteiger partial charge in [0, 0.05) is 22.8 Å². The van der Waals surface area contributed by atoms with Gasteiger partial charge in [0.1, 0.15) is 0 Å². The molecule has 0 saturated carbocycles. The first-order valence-corrected chi connectivity index (χ1v) is 8.74. The monoisotopic (exact) mass is 352 g/mol. The van der Waals surface area contributed by atoms with Crippen LogP contribution in [0.15, 0.2) is 42.6 Å². The van der Waals surface area contributed by atoms with Crippen molar-refractivity contribution in [3.8, 4) is 17.5 Å². The number of nitriles is 1. The highest BCUT2D eigenvalue weighted by molar-refractivity contribution is 6.30. The zero-order valence-electron chi connectivity index (χ0n) is 13.5. The number of nitrogens with zero attached hydrogens (tertiary/aromatic N) is 3. The van der Waals surface area contributed by atoms with E-state index in [1.165, 1.54) is 0 Å². The molecule has 0 radical (unpaired) electrons. The number of hydrogen-bond acceptors (Lipinski definition) is 4. The molecule has 1 amide bonds. The second kappa shape index (κ2) is 6.38. The number of nitrogens with one attached hydrogen (secondary N) is 1. The molecule has 0 spiro atoms. The fourth-order valence-electron chi connectivity index (χ4n) is 3.87. The Bertz CT molecular complexity index is 828. The molecule has 2 saturated heterocycles. The molecule has 3 unspecified atom stereocenters. The number of rotatable bonds is 3. The van der Waals surface area contributed by atoms with Crippen LogP contribution in [-0.4, -0.2) is 33.9 Å². The Morgan fingerprint density at radius 3 is 2.68 bits per heavy atom. The van der Waals surface area contributed by atoms with E-state index in [9.17, 15) is 10.1 Å².